The molecule has 1 rings (SSSR count). The van der Waals surface area contributed by atoms with E-state index in [2.05, 4.69) is 30.7 Å². The number of rotatable bonds is 0. The molecule has 0 saturated carbocycles. The Bertz CT molecular complexity index is 219. The van der Waals surface area contributed by atoms with Gasteiger partial charge in [0.15, 0.2) is 5.95 Å². The maximum absolute atomic E-state index is 5.41. The number of nitrogens with two attached hydrogens (primary N) is 1. The number of nitrogens with one attached hydrogen (secondary N) is 1. The monoisotopic (exact) mass is 139 g/mol. The van der Waals surface area contributed by atoms with Crippen LogP contribution in [0.15, 0.2) is 6.20 Å². The van der Waals surface area contributed by atoms with Gasteiger partial charge in [0, 0.05) is 11.1 Å². The quantitative estimate of drug-likeness (QED) is 0.569. The van der Waals surface area contributed by atoms with Crippen LogP contribution in [0.2, 0.25) is 0 Å². The van der Waals surface area contributed by atoms with Crippen molar-refractivity contribution in [3.8, 4) is 0 Å². The lowest BCUT2D eigenvalue weighted by molar-refractivity contribution is 0.573. The van der Waals surface area contributed by atoms with Gasteiger partial charge in [0.2, 0.25) is 0 Å². The summed E-state index contributed by atoms with van der Waals surface area (Å²) in [6.07, 6.45) is 1.77. The Morgan fingerprint density at radius 1 is 1.50 bits per heavy atom. The Morgan fingerprint density at radius 2 is 2.10 bits per heavy atom. The molecule has 3 N–H and O–H groups in total. The Kier molecular flexibility index (Phi) is 1.43. The summed E-state index contributed by atoms with van der Waals surface area (Å²) in [6.45, 7) is 6.33. The zero-order valence-corrected chi connectivity index (χ0v) is 6.60. The smallest absolute Gasteiger partial charge is 0.197 e. The molecule has 0 amide bonds. The Balaban J connectivity index is 2.96. The molecule has 0 fully saturated rings. The molecule has 0 radical (unpaired) electrons. The van der Waals surface area contributed by atoms with Crippen LogP contribution in [0.25, 0.3) is 0 Å². The van der Waals surface area contributed by atoms with Crippen LogP contribution in [0, 0.1) is 0 Å². The van der Waals surface area contributed by atoms with Gasteiger partial charge >= 0.3 is 0 Å². The molecule has 0 spiro atoms. The largest absolute Gasteiger partial charge is 0.369 e. The van der Waals surface area contributed by atoms with Gasteiger partial charge in [-0.25, -0.2) is 4.98 Å². The maximum Gasteiger partial charge on any atom is 0.197 e. The third kappa shape index (κ3) is 1.29. The maximum atomic E-state index is 5.41. The van der Waals surface area contributed by atoms with Gasteiger partial charge in [0.05, 0.1) is 6.20 Å². The fraction of sp³-hybridized carbons (Fsp3) is 0.571. The minimum Gasteiger partial charge on any atom is -0.369 e. The molecule has 1 aromatic heterocycles. The van der Waals surface area contributed by atoms with Crippen molar-refractivity contribution in [2.75, 3.05) is 5.73 Å². The minimum atomic E-state index is 0.116. The van der Waals surface area contributed by atoms with Gasteiger partial charge in [-0.1, -0.05) is 20.8 Å². The number of aromatic nitrogens is 2. The van der Waals surface area contributed by atoms with E-state index in [0.717, 1.165) is 5.69 Å². The molecule has 1 aromatic rings. The van der Waals surface area contributed by atoms with Gasteiger partial charge in [0.1, 0.15) is 0 Å². The highest BCUT2D eigenvalue weighted by molar-refractivity contribution is 5.22. The molecule has 0 atom stereocenters. The van der Waals surface area contributed by atoms with Crippen molar-refractivity contribution in [2.45, 2.75) is 26.2 Å². The Labute approximate surface area is 60.7 Å². The van der Waals surface area contributed by atoms with Gasteiger partial charge in [-0.3, -0.25) is 0 Å². The van der Waals surface area contributed by atoms with Crippen LogP contribution in [-0.4, -0.2) is 9.97 Å². The molecule has 0 unspecified atom stereocenters. The van der Waals surface area contributed by atoms with Crippen LogP contribution in [0.4, 0.5) is 5.95 Å². The molecular weight excluding hydrogens is 126 g/mol. The average molecular weight is 139 g/mol. The number of nitrogens with zero attached hydrogens (tertiary/aromatic N) is 1. The molecular formula is C7H13N3. The standard InChI is InChI=1S/C7H13N3/c1-7(2,3)5-4-9-6(8)10-5/h4H,1-3H3,(H3,8,9,10). The van der Waals surface area contributed by atoms with Crippen molar-refractivity contribution in [2.24, 2.45) is 0 Å². The minimum absolute atomic E-state index is 0.116. The number of aromatic amines is 1. The van der Waals surface area contributed by atoms with Gasteiger partial charge in [-0.15, -0.1) is 0 Å². The number of nitrogen functional groups attached to an aromatic ring is 1. The first-order chi connectivity index (χ1) is 4.50. The number of hydrogen-bond donors (Lipinski definition) is 2. The third-order valence-corrected chi connectivity index (χ3v) is 1.40. The first-order valence-electron chi connectivity index (χ1n) is 3.31. The second-order valence-corrected chi connectivity index (χ2v) is 3.43. The highest BCUT2D eigenvalue weighted by Crippen LogP contribution is 2.19. The summed E-state index contributed by atoms with van der Waals surface area (Å²) in [7, 11) is 0. The van der Waals surface area contributed by atoms with Crippen molar-refractivity contribution in [1.82, 2.24) is 9.97 Å². The number of anilines is 1. The molecule has 0 aromatic carbocycles. The Hall–Kier alpha value is -0.990. The summed E-state index contributed by atoms with van der Waals surface area (Å²) in [4.78, 5) is 6.89. The SMILES string of the molecule is CC(C)(C)c1cnc(N)[nH]1. The lowest BCUT2D eigenvalue weighted by Gasteiger charge is -2.14. The summed E-state index contributed by atoms with van der Waals surface area (Å²) < 4.78 is 0. The average Bonchev–Trinajstić information content (AvgIpc) is 2.11. The zero-order valence-electron chi connectivity index (χ0n) is 6.60. The summed E-state index contributed by atoms with van der Waals surface area (Å²) >= 11 is 0. The molecule has 1 heterocycles. The molecule has 56 valence electrons. The predicted octanol–water partition coefficient (Wildman–Crippen LogP) is 1.29. The van der Waals surface area contributed by atoms with Crippen LogP contribution in [-0.2, 0) is 5.41 Å². The molecule has 0 aliphatic rings. The highest BCUT2D eigenvalue weighted by atomic mass is 15.0. The van der Waals surface area contributed by atoms with Gasteiger partial charge < -0.3 is 10.7 Å². The molecule has 3 nitrogen and oxygen atoms in total. The molecule has 0 saturated heterocycles. The fourth-order valence-corrected chi connectivity index (χ4v) is 0.718. The van der Waals surface area contributed by atoms with Crippen LogP contribution in [0.3, 0.4) is 0 Å². The fourth-order valence-electron chi connectivity index (χ4n) is 0.718. The van der Waals surface area contributed by atoms with Crippen LogP contribution >= 0.6 is 0 Å². The van der Waals surface area contributed by atoms with Crippen molar-refractivity contribution < 1.29 is 0 Å². The molecule has 3 heteroatoms. The van der Waals surface area contributed by atoms with Gasteiger partial charge in [0.25, 0.3) is 0 Å². The van der Waals surface area contributed by atoms with Gasteiger partial charge in [-0.2, -0.15) is 0 Å². The van der Waals surface area contributed by atoms with Crippen LogP contribution in [0.1, 0.15) is 26.5 Å². The first kappa shape index (κ1) is 7.12. The summed E-state index contributed by atoms with van der Waals surface area (Å²) in [6, 6.07) is 0. The van der Waals surface area contributed by atoms with Crippen LogP contribution in [0.5, 0.6) is 0 Å². The zero-order chi connectivity index (χ0) is 7.78. The highest BCUT2D eigenvalue weighted by Gasteiger charge is 2.15. The predicted molar refractivity (Wildman–Crippen MR) is 41.7 cm³/mol. The topological polar surface area (TPSA) is 54.7 Å². The van der Waals surface area contributed by atoms with Crippen molar-refractivity contribution >= 4 is 5.95 Å². The lowest BCUT2D eigenvalue weighted by atomic mass is 9.93. The van der Waals surface area contributed by atoms with Crippen molar-refractivity contribution in [1.29, 1.82) is 0 Å². The van der Waals surface area contributed by atoms with Gasteiger partial charge in [-0.05, 0) is 0 Å². The molecule has 0 aliphatic carbocycles. The number of hydrogen-bond acceptors (Lipinski definition) is 2. The number of H-pyrrole nitrogens is 1. The van der Waals surface area contributed by atoms with E-state index < -0.39 is 0 Å². The second kappa shape index (κ2) is 2.01. The normalized spacial score (nSPS) is 11.9. The molecule has 10 heavy (non-hydrogen) atoms. The lowest BCUT2D eigenvalue weighted by Crippen LogP contribution is -2.11. The summed E-state index contributed by atoms with van der Waals surface area (Å²) in [5, 5.41) is 0. The van der Waals surface area contributed by atoms with E-state index >= 15 is 0 Å². The molecule has 0 aliphatic heterocycles. The van der Waals surface area contributed by atoms with Crippen molar-refractivity contribution in [3.05, 3.63) is 11.9 Å². The molecule has 0 bridgehead atoms. The first-order valence-corrected chi connectivity index (χ1v) is 3.31. The number of imidazole rings is 1. The summed E-state index contributed by atoms with van der Waals surface area (Å²) in [5.41, 5.74) is 6.60. The van der Waals surface area contributed by atoms with Crippen molar-refractivity contribution in [3.63, 3.8) is 0 Å². The van der Waals surface area contributed by atoms with E-state index in [1.165, 1.54) is 0 Å². The third-order valence-electron chi connectivity index (χ3n) is 1.40. The van der Waals surface area contributed by atoms with Crippen LogP contribution < -0.4 is 5.73 Å². The van der Waals surface area contributed by atoms with E-state index in [1.807, 2.05) is 0 Å². The summed E-state index contributed by atoms with van der Waals surface area (Å²) in [5.74, 6) is 0.491. The van der Waals surface area contributed by atoms with E-state index in [-0.39, 0.29) is 5.41 Å². The van der Waals surface area contributed by atoms with E-state index in [1.54, 1.807) is 6.20 Å². The van der Waals surface area contributed by atoms with E-state index in [4.69, 9.17) is 5.73 Å². The van der Waals surface area contributed by atoms with E-state index in [0.29, 0.717) is 5.95 Å². The Morgan fingerprint density at radius 3 is 2.30 bits per heavy atom. The van der Waals surface area contributed by atoms with E-state index in [9.17, 15) is 0 Å². The second-order valence-electron chi connectivity index (χ2n) is 3.43.